The van der Waals surface area contributed by atoms with Crippen LogP contribution in [0.2, 0.25) is 0 Å². The van der Waals surface area contributed by atoms with Gasteiger partial charge in [-0.05, 0) is 98.0 Å². The number of ether oxygens (including phenoxy) is 8. The van der Waals surface area contributed by atoms with Crippen molar-refractivity contribution in [3.05, 3.63) is 132 Å². The maximum absolute atomic E-state index is 13.0. The van der Waals surface area contributed by atoms with Crippen LogP contribution in [0.5, 0.6) is 11.5 Å². The van der Waals surface area contributed by atoms with Gasteiger partial charge in [0.2, 0.25) is 0 Å². The van der Waals surface area contributed by atoms with Gasteiger partial charge in [-0.25, -0.2) is 19.2 Å². The van der Waals surface area contributed by atoms with Gasteiger partial charge < -0.3 is 37.9 Å². The molecule has 0 atom stereocenters. The number of unbranched alkanes of at least 4 members (excludes halogenated alkanes) is 3. The first-order valence-electron chi connectivity index (χ1n) is 23.0. The molecule has 0 aliphatic carbocycles. The van der Waals surface area contributed by atoms with E-state index in [2.05, 4.69) is 67.0 Å². The highest BCUT2D eigenvalue weighted by Gasteiger charge is 2.38. The minimum Gasteiger partial charge on any atom is -0.492 e. The normalized spacial score (nSPS) is 10.8. The largest absolute Gasteiger partial charge is 0.492 e. The van der Waals surface area contributed by atoms with Crippen LogP contribution in [-0.2, 0) is 81.2 Å². The van der Waals surface area contributed by atoms with Crippen LogP contribution in [0, 0.1) is 5.41 Å². The number of rotatable bonds is 31. The lowest BCUT2D eigenvalue weighted by atomic mass is 9.91. The topological polar surface area (TPSA) is 193 Å². The van der Waals surface area contributed by atoms with Gasteiger partial charge in [-0.3, -0.25) is 14.4 Å². The molecule has 0 amide bonds. The Hall–Kier alpha value is -7.29. The number of benzene rings is 3. The van der Waals surface area contributed by atoms with E-state index in [-0.39, 0.29) is 41.3 Å². The molecule has 0 saturated heterocycles. The lowest BCUT2D eigenvalue weighted by molar-refractivity contribution is -0.163. The third kappa shape index (κ3) is 20.1. The predicted octanol–water partition coefficient (Wildman–Crippen LogP) is 8.88. The van der Waals surface area contributed by atoms with Gasteiger partial charge in [0.1, 0.15) is 43.3 Å². The van der Waals surface area contributed by atoms with E-state index in [1.54, 1.807) is 31.2 Å². The molecule has 3 aromatic rings. The Morgan fingerprint density at radius 2 is 1.06 bits per heavy atom. The Kier molecular flexibility index (Phi) is 24.1. The highest BCUT2D eigenvalue weighted by Crippen LogP contribution is 2.32. The minimum atomic E-state index is -1.60. The van der Waals surface area contributed by atoms with E-state index in [0.717, 1.165) is 43.8 Å². The van der Waals surface area contributed by atoms with E-state index in [0.29, 0.717) is 36.3 Å². The van der Waals surface area contributed by atoms with Crippen molar-refractivity contribution in [2.75, 3.05) is 47.3 Å². The van der Waals surface area contributed by atoms with Crippen LogP contribution in [0.1, 0.15) is 88.8 Å². The second-order valence-electron chi connectivity index (χ2n) is 17.0. The summed E-state index contributed by atoms with van der Waals surface area (Å²) in [6.07, 6.45) is 6.22. The lowest BCUT2D eigenvalue weighted by Gasteiger charge is -2.32. The molecule has 0 aliphatic rings. The maximum Gasteiger partial charge on any atom is 0.333 e. The average molecular weight is 967 g/mol. The molecular weight excluding hydrogens is 901 g/mol. The standard InChI is InChI=1S/C55H66O15/c1-10-11-12-13-15-41-17-19-42(20-18-41)21-28-48(56)70-46-25-22-43(23-26-46)44-24-27-47(45(32-44)16-14-29-65-51(59)37(2)3)66-33-55(36-69-52(60)38(4)5,34-67-49(57)30-39(6)53(61)63-8)35-68-50(58)31-40(7)54(62)64-9/h17-20,22-27,32H,2,4,6-7,10-16,21,28-31,33-36H2,1,3,5,8-9H3. The van der Waals surface area contributed by atoms with Gasteiger partial charge in [0, 0.05) is 28.7 Å². The molecule has 0 fully saturated rings. The number of carbonyl (C=O) groups excluding carboxylic acids is 7. The van der Waals surface area contributed by atoms with Crippen molar-refractivity contribution in [1.82, 2.24) is 0 Å². The van der Waals surface area contributed by atoms with Crippen molar-refractivity contribution >= 4 is 41.8 Å². The first kappa shape index (κ1) is 57.0. The van der Waals surface area contributed by atoms with Crippen molar-refractivity contribution in [3.63, 3.8) is 0 Å². The van der Waals surface area contributed by atoms with Crippen molar-refractivity contribution < 1.29 is 71.5 Å². The Morgan fingerprint density at radius 3 is 1.60 bits per heavy atom. The SMILES string of the molecule is C=C(C)C(=O)OCCCc1cc(-c2ccc(OC(=O)CCc3ccc(CCCCCC)cc3)cc2)ccc1OCC(COC(=O)CC(=C)C(=O)OC)(COC(=O)CC(=C)C(=O)OC)COC(=O)C(=C)C. The monoisotopic (exact) mass is 966 g/mol. The van der Waals surface area contributed by atoms with Crippen LogP contribution in [0.25, 0.3) is 11.1 Å². The molecule has 0 saturated carbocycles. The van der Waals surface area contributed by atoms with Crippen LogP contribution in [0.4, 0.5) is 0 Å². The number of hydrogen-bond acceptors (Lipinski definition) is 15. The van der Waals surface area contributed by atoms with Crippen molar-refractivity contribution in [2.45, 2.75) is 91.4 Å². The lowest BCUT2D eigenvalue weighted by Crippen LogP contribution is -2.44. The predicted molar refractivity (Wildman–Crippen MR) is 261 cm³/mol. The maximum atomic E-state index is 13.0. The summed E-state index contributed by atoms with van der Waals surface area (Å²) < 4.78 is 43.4. The molecule has 0 unspecified atom stereocenters. The number of aryl methyl sites for hydroxylation is 3. The molecule has 376 valence electrons. The summed E-state index contributed by atoms with van der Waals surface area (Å²) in [7, 11) is 2.26. The molecule has 70 heavy (non-hydrogen) atoms. The molecular formula is C55H66O15. The van der Waals surface area contributed by atoms with Gasteiger partial charge >= 0.3 is 41.8 Å². The molecule has 0 aromatic heterocycles. The number of methoxy groups -OCH3 is 2. The Bertz CT molecular complexity index is 2290. The van der Waals surface area contributed by atoms with Gasteiger partial charge in [0.15, 0.2) is 0 Å². The van der Waals surface area contributed by atoms with Gasteiger partial charge in [-0.15, -0.1) is 0 Å². The first-order chi connectivity index (χ1) is 33.4. The van der Waals surface area contributed by atoms with Gasteiger partial charge in [0.25, 0.3) is 0 Å². The van der Waals surface area contributed by atoms with Crippen molar-refractivity contribution in [3.8, 4) is 22.6 Å². The Labute approximate surface area is 410 Å². The van der Waals surface area contributed by atoms with Crippen LogP contribution in [0.15, 0.2) is 115 Å². The minimum absolute atomic E-state index is 0.0497. The van der Waals surface area contributed by atoms with Gasteiger partial charge in [0.05, 0.1) is 33.7 Å². The van der Waals surface area contributed by atoms with Crippen molar-refractivity contribution in [1.29, 1.82) is 0 Å². The van der Waals surface area contributed by atoms with E-state index in [9.17, 15) is 33.6 Å². The summed E-state index contributed by atoms with van der Waals surface area (Å²) in [5.41, 5.74) is 2.84. The summed E-state index contributed by atoms with van der Waals surface area (Å²) in [5.74, 6) is -4.47. The van der Waals surface area contributed by atoms with Crippen LogP contribution < -0.4 is 9.47 Å². The molecule has 3 aromatic carbocycles. The molecule has 0 bridgehead atoms. The Balaban J connectivity index is 1.90. The summed E-state index contributed by atoms with van der Waals surface area (Å²) >= 11 is 0. The van der Waals surface area contributed by atoms with E-state index >= 15 is 0 Å². The van der Waals surface area contributed by atoms with Crippen molar-refractivity contribution in [2.24, 2.45) is 5.41 Å². The van der Waals surface area contributed by atoms with E-state index in [1.807, 2.05) is 18.2 Å². The number of esters is 7. The van der Waals surface area contributed by atoms with E-state index in [1.165, 1.54) is 31.7 Å². The van der Waals surface area contributed by atoms with E-state index < -0.39 is 80.5 Å². The second kappa shape index (κ2) is 29.6. The summed E-state index contributed by atoms with van der Waals surface area (Å²) in [4.78, 5) is 87.7. The van der Waals surface area contributed by atoms with Crippen LogP contribution in [0.3, 0.4) is 0 Å². The molecule has 0 N–H and O–H groups in total. The van der Waals surface area contributed by atoms with E-state index in [4.69, 9.17) is 28.4 Å². The third-order valence-corrected chi connectivity index (χ3v) is 10.7. The molecule has 0 heterocycles. The summed E-state index contributed by atoms with van der Waals surface area (Å²) in [5, 5.41) is 0. The third-order valence-electron chi connectivity index (χ3n) is 10.7. The smallest absolute Gasteiger partial charge is 0.333 e. The number of carbonyl (C=O) groups is 7. The summed E-state index contributed by atoms with van der Waals surface area (Å²) in [6, 6.07) is 20.7. The zero-order chi connectivity index (χ0) is 51.6. The second-order valence-corrected chi connectivity index (χ2v) is 17.0. The molecule has 0 aliphatic heterocycles. The molecule has 0 radical (unpaired) electrons. The highest BCUT2D eigenvalue weighted by atomic mass is 16.6. The fourth-order valence-corrected chi connectivity index (χ4v) is 6.59. The summed E-state index contributed by atoms with van der Waals surface area (Å²) in [6.45, 7) is 17.5. The van der Waals surface area contributed by atoms with Crippen LogP contribution >= 0.6 is 0 Å². The quantitative estimate of drug-likeness (QED) is 0.0195. The Morgan fingerprint density at radius 1 is 0.529 bits per heavy atom. The van der Waals surface area contributed by atoms with Gasteiger partial charge in [-0.1, -0.05) is 95.0 Å². The zero-order valence-electron chi connectivity index (χ0n) is 41.1. The zero-order valence-corrected chi connectivity index (χ0v) is 41.1. The highest BCUT2D eigenvalue weighted by molar-refractivity contribution is 5.94. The fraction of sp³-hybridized carbons (Fsp3) is 0.400. The molecule has 0 spiro atoms. The first-order valence-corrected chi connectivity index (χ1v) is 23.0. The molecule has 15 nitrogen and oxygen atoms in total. The average Bonchev–Trinajstić information content (AvgIpc) is 3.35. The fourth-order valence-electron chi connectivity index (χ4n) is 6.59. The molecule has 15 heteroatoms. The number of hydrogen-bond donors (Lipinski definition) is 0. The van der Waals surface area contributed by atoms with Crippen LogP contribution in [-0.4, -0.2) is 89.0 Å². The molecule has 3 rings (SSSR count). The van der Waals surface area contributed by atoms with Gasteiger partial charge in [-0.2, -0.15) is 0 Å².